The molecule has 1 amide bonds. The first-order chi connectivity index (χ1) is 11.6. The first-order valence-electron chi connectivity index (χ1n) is 7.95. The molecule has 1 saturated carbocycles. The summed E-state index contributed by atoms with van der Waals surface area (Å²) in [6, 6.07) is 7.61. The van der Waals surface area contributed by atoms with Crippen molar-refractivity contribution in [1.82, 2.24) is 14.5 Å². The molecule has 1 aliphatic rings. The van der Waals surface area contributed by atoms with Crippen LogP contribution in [0.3, 0.4) is 0 Å². The Morgan fingerprint density at radius 1 is 1.33 bits per heavy atom. The lowest BCUT2D eigenvalue weighted by molar-refractivity contribution is 0.101. The lowest BCUT2D eigenvalue weighted by atomic mass is 10.1. The highest BCUT2D eigenvalue weighted by Crippen LogP contribution is 2.47. The van der Waals surface area contributed by atoms with Crippen molar-refractivity contribution < 1.29 is 4.79 Å². The molecule has 5 nitrogen and oxygen atoms in total. The van der Waals surface area contributed by atoms with Crippen LogP contribution in [0.4, 0.5) is 5.13 Å². The first-order valence-corrected chi connectivity index (χ1v) is 8.83. The third kappa shape index (κ3) is 2.97. The molecular weight excluding hydrogens is 320 g/mol. The van der Waals surface area contributed by atoms with Crippen molar-refractivity contribution in [2.45, 2.75) is 31.7 Å². The molecule has 0 bridgehead atoms. The second kappa shape index (κ2) is 5.87. The standard InChI is InChI=1S/C18H18N4OS/c1-18(6-7-18)15-12-24-17(20-15)21-16(23)14-3-2-10-22(14)11-13-4-8-19-9-5-13/h2-5,8-10,12H,6-7,11H2,1H3,(H,20,21,23). The van der Waals surface area contributed by atoms with Crippen LogP contribution in [-0.2, 0) is 12.0 Å². The van der Waals surface area contributed by atoms with Crippen molar-refractivity contribution in [3.8, 4) is 0 Å². The van der Waals surface area contributed by atoms with Gasteiger partial charge in [0.05, 0.1) is 5.69 Å². The summed E-state index contributed by atoms with van der Waals surface area (Å²) < 4.78 is 1.93. The van der Waals surface area contributed by atoms with Crippen LogP contribution in [-0.4, -0.2) is 20.4 Å². The first kappa shape index (κ1) is 15.1. The molecule has 0 aliphatic heterocycles. The van der Waals surface area contributed by atoms with E-state index in [0.29, 0.717) is 17.4 Å². The maximum Gasteiger partial charge on any atom is 0.274 e. The quantitative estimate of drug-likeness (QED) is 0.772. The molecule has 3 heterocycles. The average molecular weight is 338 g/mol. The molecule has 3 aromatic heterocycles. The molecule has 24 heavy (non-hydrogen) atoms. The topological polar surface area (TPSA) is 59.8 Å². The van der Waals surface area contributed by atoms with Crippen LogP contribution in [0.25, 0.3) is 0 Å². The minimum Gasteiger partial charge on any atom is -0.339 e. The Kier molecular flexibility index (Phi) is 3.69. The van der Waals surface area contributed by atoms with Crippen molar-refractivity contribution >= 4 is 22.4 Å². The van der Waals surface area contributed by atoms with Crippen LogP contribution in [0.1, 0.15) is 41.5 Å². The molecule has 1 aliphatic carbocycles. The van der Waals surface area contributed by atoms with Gasteiger partial charge in [0.1, 0.15) is 5.69 Å². The van der Waals surface area contributed by atoms with Crippen LogP contribution in [0.2, 0.25) is 0 Å². The van der Waals surface area contributed by atoms with E-state index >= 15 is 0 Å². The van der Waals surface area contributed by atoms with Gasteiger partial charge < -0.3 is 4.57 Å². The molecular formula is C18H18N4OS. The molecule has 122 valence electrons. The molecule has 0 unspecified atom stereocenters. The lowest BCUT2D eigenvalue weighted by Crippen LogP contribution is -2.17. The van der Waals surface area contributed by atoms with Crippen molar-refractivity contribution in [3.05, 3.63) is 65.2 Å². The van der Waals surface area contributed by atoms with Gasteiger partial charge >= 0.3 is 0 Å². The Morgan fingerprint density at radius 3 is 2.88 bits per heavy atom. The van der Waals surface area contributed by atoms with E-state index in [4.69, 9.17) is 0 Å². The average Bonchev–Trinajstić information content (AvgIpc) is 3.01. The number of thiazole rings is 1. The van der Waals surface area contributed by atoms with E-state index < -0.39 is 0 Å². The monoisotopic (exact) mass is 338 g/mol. The number of nitrogens with one attached hydrogen (secondary N) is 1. The zero-order valence-corrected chi connectivity index (χ0v) is 14.2. The van der Waals surface area contributed by atoms with Gasteiger partial charge in [0.25, 0.3) is 5.91 Å². The zero-order chi connectivity index (χ0) is 16.6. The van der Waals surface area contributed by atoms with Gasteiger partial charge in [-0.05, 0) is 42.7 Å². The van der Waals surface area contributed by atoms with Crippen LogP contribution in [0.5, 0.6) is 0 Å². The van der Waals surface area contributed by atoms with E-state index in [1.807, 2.05) is 35.0 Å². The number of pyridine rings is 1. The number of hydrogen-bond donors (Lipinski definition) is 1. The fourth-order valence-corrected chi connectivity index (χ4v) is 3.52. The van der Waals surface area contributed by atoms with E-state index in [1.54, 1.807) is 12.4 Å². The summed E-state index contributed by atoms with van der Waals surface area (Å²) >= 11 is 1.49. The third-order valence-electron chi connectivity index (χ3n) is 4.51. The number of carbonyl (C=O) groups is 1. The van der Waals surface area contributed by atoms with Crippen LogP contribution >= 0.6 is 11.3 Å². The number of hydrogen-bond acceptors (Lipinski definition) is 4. The maximum absolute atomic E-state index is 12.6. The Hall–Kier alpha value is -2.47. The lowest BCUT2D eigenvalue weighted by Gasteiger charge is -2.09. The summed E-state index contributed by atoms with van der Waals surface area (Å²) in [5.74, 6) is -0.129. The Balaban J connectivity index is 1.49. The van der Waals surface area contributed by atoms with Crippen LogP contribution in [0.15, 0.2) is 48.2 Å². The van der Waals surface area contributed by atoms with Gasteiger partial charge in [-0.3, -0.25) is 15.1 Å². The molecule has 0 radical (unpaired) electrons. The van der Waals surface area contributed by atoms with Gasteiger partial charge in [0.2, 0.25) is 0 Å². The fraction of sp³-hybridized carbons (Fsp3) is 0.278. The van der Waals surface area contributed by atoms with E-state index in [-0.39, 0.29) is 11.3 Å². The highest BCUT2D eigenvalue weighted by atomic mass is 32.1. The van der Waals surface area contributed by atoms with Crippen molar-refractivity contribution in [3.63, 3.8) is 0 Å². The van der Waals surface area contributed by atoms with Crippen molar-refractivity contribution in [2.24, 2.45) is 0 Å². The van der Waals surface area contributed by atoms with Gasteiger partial charge in [-0.25, -0.2) is 4.98 Å². The summed E-state index contributed by atoms with van der Waals surface area (Å²) in [6.07, 6.45) is 7.79. The number of nitrogens with zero attached hydrogens (tertiary/aromatic N) is 3. The fourth-order valence-electron chi connectivity index (χ4n) is 2.66. The van der Waals surface area contributed by atoms with Gasteiger partial charge in [0, 0.05) is 35.9 Å². The molecule has 4 rings (SSSR count). The highest BCUT2D eigenvalue weighted by molar-refractivity contribution is 7.14. The number of aromatic nitrogens is 3. The summed E-state index contributed by atoms with van der Waals surface area (Å²) in [5.41, 5.74) is 3.05. The van der Waals surface area contributed by atoms with Gasteiger partial charge in [-0.1, -0.05) is 6.92 Å². The van der Waals surface area contributed by atoms with E-state index in [2.05, 4.69) is 27.6 Å². The summed E-state index contributed by atoms with van der Waals surface area (Å²) in [6.45, 7) is 2.85. The predicted octanol–water partition coefficient (Wildman–Crippen LogP) is 3.69. The molecule has 6 heteroatoms. The number of anilines is 1. The Bertz CT molecular complexity index is 864. The highest BCUT2D eigenvalue weighted by Gasteiger charge is 2.41. The molecule has 1 fully saturated rings. The van der Waals surface area contributed by atoms with Crippen molar-refractivity contribution in [1.29, 1.82) is 0 Å². The normalized spacial score (nSPS) is 15.2. The zero-order valence-electron chi connectivity index (χ0n) is 13.4. The molecule has 0 spiro atoms. The summed E-state index contributed by atoms with van der Waals surface area (Å²) in [4.78, 5) is 21.2. The molecule has 3 aromatic rings. The van der Waals surface area contributed by atoms with E-state index in [1.165, 1.54) is 24.2 Å². The van der Waals surface area contributed by atoms with E-state index in [9.17, 15) is 4.79 Å². The van der Waals surface area contributed by atoms with Gasteiger partial charge in [0.15, 0.2) is 5.13 Å². The van der Waals surface area contributed by atoms with Crippen LogP contribution < -0.4 is 5.32 Å². The summed E-state index contributed by atoms with van der Waals surface area (Å²) in [7, 11) is 0. The molecule has 0 aromatic carbocycles. The van der Waals surface area contributed by atoms with Crippen LogP contribution in [0, 0.1) is 0 Å². The SMILES string of the molecule is CC1(c2csc(NC(=O)c3cccn3Cc3ccncc3)n2)CC1. The van der Waals surface area contributed by atoms with Gasteiger partial charge in [-0.2, -0.15) is 0 Å². The Labute approximate surface area is 144 Å². The number of rotatable bonds is 5. The molecule has 0 atom stereocenters. The minimum absolute atomic E-state index is 0.129. The second-order valence-electron chi connectivity index (χ2n) is 6.43. The number of carbonyl (C=O) groups excluding carboxylic acids is 1. The number of amides is 1. The van der Waals surface area contributed by atoms with Gasteiger partial charge in [-0.15, -0.1) is 11.3 Å². The largest absolute Gasteiger partial charge is 0.339 e. The van der Waals surface area contributed by atoms with E-state index in [0.717, 1.165) is 11.3 Å². The minimum atomic E-state index is -0.129. The summed E-state index contributed by atoms with van der Waals surface area (Å²) in [5, 5.41) is 5.65. The second-order valence-corrected chi connectivity index (χ2v) is 7.29. The predicted molar refractivity (Wildman–Crippen MR) is 94.4 cm³/mol. The maximum atomic E-state index is 12.6. The molecule has 0 saturated heterocycles. The smallest absolute Gasteiger partial charge is 0.274 e. The van der Waals surface area contributed by atoms with Crippen molar-refractivity contribution in [2.75, 3.05) is 5.32 Å². The third-order valence-corrected chi connectivity index (χ3v) is 5.27. The Morgan fingerprint density at radius 2 is 2.12 bits per heavy atom. The molecule has 1 N–H and O–H groups in total.